The van der Waals surface area contributed by atoms with Crippen molar-refractivity contribution in [3.05, 3.63) is 23.8 Å². The van der Waals surface area contributed by atoms with Gasteiger partial charge in [-0.25, -0.2) is 0 Å². The van der Waals surface area contributed by atoms with Crippen molar-refractivity contribution >= 4 is 11.6 Å². The van der Waals surface area contributed by atoms with E-state index in [0.29, 0.717) is 5.75 Å². The Morgan fingerprint density at radius 1 is 1.45 bits per heavy atom. The highest BCUT2D eigenvalue weighted by Gasteiger charge is 2.26. The van der Waals surface area contributed by atoms with Crippen LogP contribution in [0.25, 0.3) is 0 Å². The van der Waals surface area contributed by atoms with Crippen molar-refractivity contribution in [2.45, 2.75) is 25.9 Å². The molecule has 110 valence electrons. The van der Waals surface area contributed by atoms with E-state index in [9.17, 15) is 9.90 Å². The molecular weight excluding hydrogens is 256 g/mol. The number of hydrogen-bond acceptors (Lipinski definition) is 4. The quantitative estimate of drug-likeness (QED) is 0.874. The number of hydrogen-bond donors (Lipinski definition) is 2. The normalized spacial score (nSPS) is 17.9. The maximum atomic E-state index is 11.2. The third kappa shape index (κ3) is 2.88. The summed E-state index contributed by atoms with van der Waals surface area (Å²) in [5.74, 6) is 0.437. The van der Waals surface area contributed by atoms with Gasteiger partial charge in [0.25, 0.3) is 0 Å². The number of carbonyl (C=O) groups is 1. The Hall–Kier alpha value is -1.75. The Kier molecular flexibility index (Phi) is 4.49. The second kappa shape index (κ2) is 6.13. The first-order valence-electron chi connectivity index (χ1n) is 6.93. The Bertz CT molecular complexity index is 480. The van der Waals surface area contributed by atoms with Crippen molar-refractivity contribution in [2.24, 2.45) is 11.7 Å². The Morgan fingerprint density at radius 2 is 2.10 bits per heavy atom. The van der Waals surface area contributed by atoms with E-state index in [1.54, 1.807) is 14.0 Å². The first-order valence-corrected chi connectivity index (χ1v) is 6.93. The monoisotopic (exact) mass is 278 g/mol. The van der Waals surface area contributed by atoms with Crippen LogP contribution in [0, 0.1) is 5.92 Å². The average Bonchev–Trinajstić information content (AvgIpc) is 2.46. The molecule has 1 aromatic rings. The van der Waals surface area contributed by atoms with Gasteiger partial charge in [-0.05, 0) is 31.9 Å². The van der Waals surface area contributed by atoms with Crippen molar-refractivity contribution < 1.29 is 14.6 Å². The number of methoxy groups -OCH3 is 1. The number of carbonyl (C=O) groups excluding carboxylic acids is 1. The van der Waals surface area contributed by atoms with Crippen LogP contribution in [-0.2, 0) is 4.79 Å². The van der Waals surface area contributed by atoms with Crippen LogP contribution in [0.4, 0.5) is 5.69 Å². The standard InChI is InChI=1S/C15H22N2O3/c1-10(18)14-12(4-3-5-13(14)20-2)17-8-6-11(7-9-17)15(16)19/h3-5,10-11,18H,6-9H2,1-2H3,(H2,16,19)/t10-/m0/s1. The molecular formula is C15H22N2O3. The fourth-order valence-corrected chi connectivity index (χ4v) is 2.81. The molecule has 0 saturated carbocycles. The van der Waals surface area contributed by atoms with Crippen molar-refractivity contribution in [3.8, 4) is 5.75 Å². The lowest BCUT2D eigenvalue weighted by Gasteiger charge is -2.34. The lowest BCUT2D eigenvalue weighted by Crippen LogP contribution is -2.39. The van der Waals surface area contributed by atoms with Gasteiger partial charge >= 0.3 is 0 Å². The molecule has 0 radical (unpaired) electrons. The van der Waals surface area contributed by atoms with Crippen LogP contribution in [-0.4, -0.2) is 31.2 Å². The van der Waals surface area contributed by atoms with E-state index >= 15 is 0 Å². The van der Waals surface area contributed by atoms with Crippen LogP contribution in [0.1, 0.15) is 31.4 Å². The molecule has 3 N–H and O–H groups in total. The minimum absolute atomic E-state index is 0.0353. The lowest BCUT2D eigenvalue weighted by molar-refractivity contribution is -0.122. The smallest absolute Gasteiger partial charge is 0.220 e. The summed E-state index contributed by atoms with van der Waals surface area (Å²) in [5, 5.41) is 10.0. The van der Waals surface area contributed by atoms with E-state index in [1.807, 2.05) is 18.2 Å². The average molecular weight is 278 g/mol. The van der Waals surface area contributed by atoms with Gasteiger partial charge in [-0.15, -0.1) is 0 Å². The predicted molar refractivity (Wildman–Crippen MR) is 77.8 cm³/mol. The highest BCUT2D eigenvalue weighted by Crippen LogP contribution is 2.36. The summed E-state index contributed by atoms with van der Waals surface area (Å²) in [6.45, 7) is 3.26. The van der Waals surface area contributed by atoms with Crippen LogP contribution >= 0.6 is 0 Å². The summed E-state index contributed by atoms with van der Waals surface area (Å²) in [7, 11) is 1.60. The molecule has 1 aliphatic rings. The number of piperidine rings is 1. The molecule has 1 atom stereocenters. The third-order valence-corrected chi connectivity index (χ3v) is 3.92. The van der Waals surface area contributed by atoms with Gasteiger partial charge in [0.05, 0.1) is 13.2 Å². The predicted octanol–water partition coefficient (Wildman–Crippen LogP) is 1.45. The van der Waals surface area contributed by atoms with Gasteiger partial charge in [0, 0.05) is 30.3 Å². The van der Waals surface area contributed by atoms with Gasteiger partial charge in [0.1, 0.15) is 5.75 Å². The molecule has 0 aromatic heterocycles. The van der Waals surface area contributed by atoms with Crippen molar-refractivity contribution in [3.63, 3.8) is 0 Å². The van der Waals surface area contributed by atoms with Crippen molar-refractivity contribution in [2.75, 3.05) is 25.1 Å². The highest BCUT2D eigenvalue weighted by molar-refractivity contribution is 5.77. The molecule has 5 nitrogen and oxygen atoms in total. The van der Waals surface area contributed by atoms with Gasteiger partial charge in [-0.1, -0.05) is 6.07 Å². The van der Waals surface area contributed by atoms with Crippen LogP contribution in [0.3, 0.4) is 0 Å². The maximum absolute atomic E-state index is 11.2. The van der Waals surface area contributed by atoms with E-state index in [2.05, 4.69) is 4.90 Å². The topological polar surface area (TPSA) is 75.8 Å². The van der Waals surface area contributed by atoms with Crippen LogP contribution in [0.5, 0.6) is 5.75 Å². The summed E-state index contributed by atoms with van der Waals surface area (Å²) in [6, 6.07) is 5.75. The van der Waals surface area contributed by atoms with Gasteiger partial charge < -0.3 is 20.5 Å². The molecule has 1 heterocycles. The highest BCUT2D eigenvalue weighted by atomic mass is 16.5. The summed E-state index contributed by atoms with van der Waals surface area (Å²) in [5.41, 5.74) is 7.13. The number of nitrogens with zero attached hydrogens (tertiary/aromatic N) is 1. The largest absolute Gasteiger partial charge is 0.496 e. The zero-order valence-corrected chi connectivity index (χ0v) is 12.0. The van der Waals surface area contributed by atoms with E-state index in [1.165, 1.54) is 0 Å². The van der Waals surface area contributed by atoms with E-state index < -0.39 is 6.10 Å². The fourth-order valence-electron chi connectivity index (χ4n) is 2.81. The number of nitrogens with two attached hydrogens (primary N) is 1. The maximum Gasteiger partial charge on any atom is 0.220 e. The number of amides is 1. The SMILES string of the molecule is COc1cccc(N2CCC(C(N)=O)CC2)c1[C@H](C)O. The van der Waals surface area contributed by atoms with E-state index in [4.69, 9.17) is 10.5 Å². The second-order valence-electron chi connectivity index (χ2n) is 5.23. The second-order valence-corrected chi connectivity index (χ2v) is 5.23. The Morgan fingerprint density at radius 3 is 2.60 bits per heavy atom. The molecule has 1 amide bonds. The number of benzene rings is 1. The van der Waals surface area contributed by atoms with E-state index in [0.717, 1.165) is 37.2 Å². The van der Waals surface area contributed by atoms with Crippen molar-refractivity contribution in [1.29, 1.82) is 0 Å². The van der Waals surface area contributed by atoms with Crippen LogP contribution in [0.2, 0.25) is 0 Å². The fraction of sp³-hybridized carbons (Fsp3) is 0.533. The third-order valence-electron chi connectivity index (χ3n) is 3.92. The molecule has 1 aromatic carbocycles. The van der Waals surface area contributed by atoms with Gasteiger partial charge in [0.2, 0.25) is 5.91 Å². The minimum atomic E-state index is -0.602. The molecule has 0 bridgehead atoms. The van der Waals surface area contributed by atoms with E-state index in [-0.39, 0.29) is 11.8 Å². The Balaban J connectivity index is 2.23. The molecule has 2 rings (SSSR count). The van der Waals surface area contributed by atoms with Crippen LogP contribution < -0.4 is 15.4 Å². The Labute approximate surface area is 119 Å². The minimum Gasteiger partial charge on any atom is -0.496 e. The number of aliphatic hydroxyl groups excluding tert-OH is 1. The first-order chi connectivity index (χ1) is 9.54. The number of rotatable bonds is 4. The van der Waals surface area contributed by atoms with Gasteiger partial charge in [-0.2, -0.15) is 0 Å². The molecule has 0 spiro atoms. The molecule has 20 heavy (non-hydrogen) atoms. The van der Waals surface area contributed by atoms with Crippen LogP contribution in [0.15, 0.2) is 18.2 Å². The van der Waals surface area contributed by atoms with Gasteiger partial charge in [-0.3, -0.25) is 4.79 Å². The summed E-state index contributed by atoms with van der Waals surface area (Å²) < 4.78 is 5.34. The molecule has 0 aliphatic carbocycles. The molecule has 1 aliphatic heterocycles. The molecule has 5 heteroatoms. The lowest BCUT2D eigenvalue weighted by atomic mass is 9.95. The number of ether oxygens (including phenoxy) is 1. The summed E-state index contributed by atoms with van der Waals surface area (Å²) in [4.78, 5) is 13.4. The zero-order chi connectivity index (χ0) is 14.7. The van der Waals surface area contributed by atoms with Gasteiger partial charge in [0.15, 0.2) is 0 Å². The molecule has 1 fully saturated rings. The van der Waals surface area contributed by atoms with Crippen molar-refractivity contribution in [1.82, 2.24) is 0 Å². The number of aliphatic hydroxyl groups is 1. The molecule has 0 unspecified atom stereocenters. The first kappa shape index (κ1) is 14.7. The summed E-state index contributed by atoms with van der Waals surface area (Å²) >= 11 is 0. The zero-order valence-electron chi connectivity index (χ0n) is 12.0. The summed E-state index contributed by atoms with van der Waals surface area (Å²) in [6.07, 6.45) is 0.910. The molecule has 1 saturated heterocycles. The number of primary amides is 1. The number of anilines is 1.